The molecule has 1 aromatic rings. The quantitative estimate of drug-likeness (QED) is 0.462. The topological polar surface area (TPSA) is 55.4 Å². The maximum absolute atomic E-state index is 11.4. The fourth-order valence-corrected chi connectivity index (χ4v) is 1.80. The van der Waals surface area contributed by atoms with E-state index in [1.807, 2.05) is 30.3 Å². The minimum atomic E-state index is -0.405. The second kappa shape index (κ2) is 8.36. The van der Waals surface area contributed by atoms with Crippen LogP contribution < -0.4 is 5.32 Å². The predicted octanol–water partition coefficient (Wildman–Crippen LogP) is 1.62. The van der Waals surface area contributed by atoms with Crippen molar-refractivity contribution in [3.05, 3.63) is 43.0 Å². The second-order valence-electron chi connectivity index (χ2n) is 3.36. The molecule has 18 heavy (non-hydrogen) atoms. The summed E-state index contributed by atoms with van der Waals surface area (Å²) in [6.45, 7) is 3.59. The van der Waals surface area contributed by atoms with Gasteiger partial charge >= 0.3 is 5.97 Å². The Bertz CT molecular complexity index is 406. The van der Waals surface area contributed by atoms with E-state index >= 15 is 0 Å². The Morgan fingerprint density at radius 2 is 2.06 bits per heavy atom. The van der Waals surface area contributed by atoms with Crippen molar-refractivity contribution in [3.8, 4) is 0 Å². The standard InChI is InChI=1S/C13H15NO3S/c1-2-8-14-12(15)9-17-13(16)10-18-11-6-4-3-5-7-11/h2-7H,1,8-10H2,(H,14,15). The number of benzene rings is 1. The summed E-state index contributed by atoms with van der Waals surface area (Å²) in [6, 6.07) is 9.53. The number of hydrogen-bond acceptors (Lipinski definition) is 4. The maximum Gasteiger partial charge on any atom is 0.316 e. The fourth-order valence-electron chi connectivity index (χ4n) is 1.08. The third-order valence-corrected chi connectivity index (χ3v) is 2.89. The van der Waals surface area contributed by atoms with Gasteiger partial charge in [0, 0.05) is 11.4 Å². The Morgan fingerprint density at radius 1 is 1.33 bits per heavy atom. The van der Waals surface area contributed by atoms with Crippen molar-refractivity contribution in [2.75, 3.05) is 18.9 Å². The predicted molar refractivity (Wildman–Crippen MR) is 71.3 cm³/mol. The average molecular weight is 265 g/mol. The summed E-state index contributed by atoms with van der Waals surface area (Å²) >= 11 is 1.38. The lowest BCUT2D eigenvalue weighted by molar-refractivity contribution is -0.145. The SMILES string of the molecule is C=CCNC(=O)COC(=O)CSc1ccccc1. The maximum atomic E-state index is 11.4. The van der Waals surface area contributed by atoms with Gasteiger partial charge in [0.25, 0.3) is 5.91 Å². The molecule has 0 unspecified atom stereocenters. The van der Waals surface area contributed by atoms with E-state index in [0.717, 1.165) is 4.90 Å². The molecule has 0 aliphatic rings. The lowest BCUT2D eigenvalue weighted by atomic mass is 10.4. The monoisotopic (exact) mass is 265 g/mol. The van der Waals surface area contributed by atoms with Crippen LogP contribution >= 0.6 is 11.8 Å². The molecule has 0 spiro atoms. The molecule has 4 nitrogen and oxygen atoms in total. The second-order valence-corrected chi connectivity index (χ2v) is 4.40. The molecule has 0 bridgehead atoms. The van der Waals surface area contributed by atoms with Crippen molar-refractivity contribution >= 4 is 23.6 Å². The molecule has 1 N–H and O–H groups in total. The van der Waals surface area contributed by atoms with Crippen LogP contribution in [-0.2, 0) is 14.3 Å². The molecule has 0 atom stereocenters. The smallest absolute Gasteiger partial charge is 0.316 e. The van der Waals surface area contributed by atoms with Gasteiger partial charge in [0.1, 0.15) is 0 Å². The average Bonchev–Trinajstić information content (AvgIpc) is 2.41. The van der Waals surface area contributed by atoms with Gasteiger partial charge in [0.2, 0.25) is 0 Å². The van der Waals surface area contributed by atoms with Crippen LogP contribution in [0, 0.1) is 0 Å². The largest absolute Gasteiger partial charge is 0.455 e. The Hall–Kier alpha value is -1.75. The van der Waals surface area contributed by atoms with Crippen LogP contribution in [0.1, 0.15) is 0 Å². The van der Waals surface area contributed by atoms with Crippen LogP contribution in [0.25, 0.3) is 0 Å². The highest BCUT2D eigenvalue weighted by Gasteiger charge is 2.07. The highest BCUT2D eigenvalue weighted by Crippen LogP contribution is 2.16. The van der Waals surface area contributed by atoms with E-state index < -0.39 is 5.97 Å². The van der Waals surface area contributed by atoms with Crippen LogP contribution in [0.2, 0.25) is 0 Å². The summed E-state index contributed by atoms with van der Waals surface area (Å²) in [7, 11) is 0. The van der Waals surface area contributed by atoms with Crippen LogP contribution in [0.4, 0.5) is 0 Å². The number of carbonyl (C=O) groups excluding carboxylic acids is 2. The van der Waals surface area contributed by atoms with Gasteiger partial charge in [-0.1, -0.05) is 24.3 Å². The van der Waals surface area contributed by atoms with E-state index in [2.05, 4.69) is 11.9 Å². The van der Waals surface area contributed by atoms with E-state index in [-0.39, 0.29) is 18.3 Å². The molecular weight excluding hydrogens is 250 g/mol. The van der Waals surface area contributed by atoms with Crippen LogP contribution in [0.5, 0.6) is 0 Å². The number of amides is 1. The zero-order chi connectivity index (χ0) is 13.2. The molecule has 0 aromatic heterocycles. The summed E-state index contributed by atoms with van der Waals surface area (Å²) < 4.78 is 4.82. The summed E-state index contributed by atoms with van der Waals surface area (Å²) in [5.41, 5.74) is 0. The van der Waals surface area contributed by atoms with Crippen molar-refractivity contribution in [1.29, 1.82) is 0 Å². The fraction of sp³-hybridized carbons (Fsp3) is 0.231. The normalized spacial score (nSPS) is 9.56. The van der Waals surface area contributed by atoms with Crippen molar-refractivity contribution < 1.29 is 14.3 Å². The Kier molecular flexibility index (Phi) is 6.64. The third-order valence-electron chi connectivity index (χ3n) is 1.91. The van der Waals surface area contributed by atoms with E-state index in [4.69, 9.17) is 4.74 Å². The van der Waals surface area contributed by atoms with Crippen LogP contribution in [-0.4, -0.2) is 30.8 Å². The highest BCUT2D eigenvalue weighted by atomic mass is 32.2. The minimum Gasteiger partial charge on any atom is -0.455 e. The van der Waals surface area contributed by atoms with Crippen molar-refractivity contribution in [2.24, 2.45) is 0 Å². The van der Waals surface area contributed by atoms with Gasteiger partial charge in [0.05, 0.1) is 5.75 Å². The van der Waals surface area contributed by atoms with Gasteiger partial charge < -0.3 is 10.1 Å². The third kappa shape index (κ3) is 6.10. The summed E-state index contributed by atoms with van der Waals surface area (Å²) in [5.74, 6) is -0.538. The first kappa shape index (κ1) is 14.3. The molecule has 1 amide bonds. The lowest BCUT2D eigenvalue weighted by Gasteiger charge is -2.04. The summed E-state index contributed by atoms with van der Waals surface area (Å²) in [5, 5.41) is 2.52. The number of esters is 1. The van der Waals surface area contributed by atoms with Gasteiger partial charge in [-0.3, -0.25) is 9.59 Å². The Balaban J connectivity index is 2.18. The first-order chi connectivity index (χ1) is 8.72. The summed E-state index contributed by atoms with van der Waals surface area (Å²) in [6.07, 6.45) is 1.56. The number of hydrogen-bond donors (Lipinski definition) is 1. The van der Waals surface area contributed by atoms with Crippen molar-refractivity contribution in [3.63, 3.8) is 0 Å². The van der Waals surface area contributed by atoms with Gasteiger partial charge in [-0.25, -0.2) is 0 Å². The van der Waals surface area contributed by atoms with Crippen LogP contribution in [0.3, 0.4) is 0 Å². The molecule has 0 saturated carbocycles. The van der Waals surface area contributed by atoms with Crippen molar-refractivity contribution in [2.45, 2.75) is 4.90 Å². The Morgan fingerprint density at radius 3 is 2.72 bits per heavy atom. The molecule has 0 aliphatic carbocycles. The van der Waals surface area contributed by atoms with Gasteiger partial charge in [-0.05, 0) is 12.1 Å². The molecule has 96 valence electrons. The van der Waals surface area contributed by atoms with Crippen LogP contribution in [0.15, 0.2) is 47.9 Å². The van der Waals surface area contributed by atoms with Crippen molar-refractivity contribution in [1.82, 2.24) is 5.32 Å². The molecule has 0 saturated heterocycles. The molecule has 0 fully saturated rings. The molecular formula is C13H15NO3S. The molecule has 1 aromatic carbocycles. The Labute approximate surface area is 110 Å². The zero-order valence-corrected chi connectivity index (χ0v) is 10.7. The molecule has 0 radical (unpaired) electrons. The van der Waals surface area contributed by atoms with E-state index in [9.17, 15) is 9.59 Å². The van der Waals surface area contributed by atoms with Gasteiger partial charge in [-0.2, -0.15) is 0 Å². The first-order valence-electron chi connectivity index (χ1n) is 5.43. The number of carbonyl (C=O) groups is 2. The van der Waals surface area contributed by atoms with E-state index in [0.29, 0.717) is 6.54 Å². The highest BCUT2D eigenvalue weighted by molar-refractivity contribution is 8.00. The zero-order valence-electron chi connectivity index (χ0n) is 9.93. The minimum absolute atomic E-state index is 0.193. The van der Waals surface area contributed by atoms with E-state index in [1.54, 1.807) is 6.08 Å². The molecule has 5 heteroatoms. The number of thioether (sulfide) groups is 1. The van der Waals surface area contributed by atoms with Gasteiger partial charge in [0.15, 0.2) is 6.61 Å². The number of nitrogens with one attached hydrogen (secondary N) is 1. The molecule has 1 rings (SSSR count). The molecule has 0 aliphatic heterocycles. The molecule has 0 heterocycles. The van der Waals surface area contributed by atoms with Gasteiger partial charge in [-0.15, -0.1) is 18.3 Å². The summed E-state index contributed by atoms with van der Waals surface area (Å²) in [4.78, 5) is 23.5. The first-order valence-corrected chi connectivity index (χ1v) is 6.42. The number of rotatable bonds is 7. The van der Waals surface area contributed by atoms with E-state index in [1.165, 1.54) is 11.8 Å². The lowest BCUT2D eigenvalue weighted by Crippen LogP contribution is -2.29. The number of ether oxygens (including phenoxy) is 1.